The fraction of sp³-hybridized carbons (Fsp3) is 0.429. The average molecular weight is 262 g/mol. The Morgan fingerprint density at radius 3 is 2.58 bits per heavy atom. The highest BCUT2D eigenvalue weighted by atomic mass is 16.5. The van der Waals surface area contributed by atoms with Gasteiger partial charge >= 0.3 is 5.97 Å². The second-order valence-corrected chi connectivity index (χ2v) is 5.05. The van der Waals surface area contributed by atoms with Crippen molar-refractivity contribution >= 4 is 17.6 Å². The molecule has 1 aliphatic rings. The molecule has 5 heteroatoms. The van der Waals surface area contributed by atoms with Crippen LogP contribution in [0.3, 0.4) is 0 Å². The van der Waals surface area contributed by atoms with Crippen molar-refractivity contribution in [2.75, 3.05) is 12.4 Å². The van der Waals surface area contributed by atoms with Gasteiger partial charge in [0.15, 0.2) is 0 Å². The van der Waals surface area contributed by atoms with Crippen LogP contribution in [0.25, 0.3) is 0 Å². The van der Waals surface area contributed by atoms with Crippen LogP contribution in [0.15, 0.2) is 24.3 Å². The summed E-state index contributed by atoms with van der Waals surface area (Å²) in [5.74, 6) is -0.537. The molecule has 1 amide bonds. The minimum Gasteiger partial charge on any atom is -0.465 e. The Labute approximate surface area is 112 Å². The Bertz CT molecular complexity index is 507. The van der Waals surface area contributed by atoms with Crippen LogP contribution in [0, 0.1) is 5.92 Å². The zero-order valence-electron chi connectivity index (χ0n) is 11.1. The molecule has 0 spiro atoms. The summed E-state index contributed by atoms with van der Waals surface area (Å²) < 4.78 is 4.68. The quantitative estimate of drug-likeness (QED) is 0.806. The molecule has 1 aromatic carbocycles. The lowest BCUT2D eigenvalue weighted by atomic mass is 9.96. The van der Waals surface area contributed by atoms with Gasteiger partial charge in [0.25, 0.3) is 0 Å². The third kappa shape index (κ3) is 2.76. The lowest BCUT2D eigenvalue weighted by Gasteiger charge is -2.23. The maximum Gasteiger partial charge on any atom is 0.339 e. The predicted molar refractivity (Wildman–Crippen MR) is 71.7 cm³/mol. The number of carbonyl (C=O) groups excluding carboxylic acids is 2. The molecule has 1 aromatic rings. The Kier molecular flexibility index (Phi) is 3.57. The minimum atomic E-state index is -0.900. The average Bonchev–Trinajstić information content (AvgIpc) is 3.23. The molecule has 0 aromatic heterocycles. The number of hydrogen-bond acceptors (Lipinski definition) is 4. The van der Waals surface area contributed by atoms with Gasteiger partial charge in [-0.25, -0.2) is 4.79 Å². The monoisotopic (exact) mass is 262 g/mol. The lowest BCUT2D eigenvalue weighted by Crippen LogP contribution is -2.50. The molecule has 19 heavy (non-hydrogen) atoms. The molecule has 3 N–H and O–H groups in total. The van der Waals surface area contributed by atoms with E-state index < -0.39 is 11.5 Å². The summed E-state index contributed by atoms with van der Waals surface area (Å²) in [5.41, 5.74) is 5.90. The summed E-state index contributed by atoms with van der Waals surface area (Å²) in [5, 5.41) is 2.72. The zero-order chi connectivity index (χ0) is 14.0. The van der Waals surface area contributed by atoms with E-state index in [9.17, 15) is 9.59 Å². The summed E-state index contributed by atoms with van der Waals surface area (Å²) in [6, 6.07) is 6.72. The topological polar surface area (TPSA) is 81.4 Å². The van der Waals surface area contributed by atoms with Gasteiger partial charge in [-0.1, -0.05) is 12.1 Å². The second-order valence-electron chi connectivity index (χ2n) is 5.05. The molecule has 0 radical (unpaired) electrons. The predicted octanol–water partition coefficient (Wildman–Crippen LogP) is 1.54. The maximum absolute atomic E-state index is 12.2. The van der Waals surface area contributed by atoms with Crippen molar-refractivity contribution in [1.29, 1.82) is 0 Å². The number of esters is 1. The van der Waals surface area contributed by atoms with E-state index in [4.69, 9.17) is 5.73 Å². The van der Waals surface area contributed by atoms with Crippen LogP contribution >= 0.6 is 0 Å². The third-order valence-electron chi connectivity index (χ3n) is 3.50. The molecule has 1 saturated carbocycles. The van der Waals surface area contributed by atoms with E-state index >= 15 is 0 Å². The Morgan fingerprint density at radius 2 is 2.00 bits per heavy atom. The molecule has 1 atom stereocenters. The van der Waals surface area contributed by atoms with Crippen molar-refractivity contribution < 1.29 is 14.3 Å². The molecule has 102 valence electrons. The molecule has 0 heterocycles. The number of nitrogens with one attached hydrogen (secondary N) is 1. The van der Waals surface area contributed by atoms with Crippen molar-refractivity contribution in [1.82, 2.24) is 0 Å². The number of methoxy groups -OCH3 is 1. The molecule has 1 aliphatic carbocycles. The van der Waals surface area contributed by atoms with E-state index in [2.05, 4.69) is 10.1 Å². The van der Waals surface area contributed by atoms with E-state index in [1.54, 1.807) is 31.2 Å². The summed E-state index contributed by atoms with van der Waals surface area (Å²) in [6.07, 6.45) is 1.94. The Hall–Kier alpha value is -1.88. The third-order valence-corrected chi connectivity index (χ3v) is 3.50. The van der Waals surface area contributed by atoms with Crippen LogP contribution in [0.1, 0.15) is 30.1 Å². The van der Waals surface area contributed by atoms with E-state index in [-0.39, 0.29) is 11.8 Å². The van der Waals surface area contributed by atoms with E-state index in [1.807, 2.05) is 0 Å². The first kappa shape index (κ1) is 13.5. The van der Waals surface area contributed by atoms with Gasteiger partial charge in [0.1, 0.15) is 0 Å². The zero-order valence-corrected chi connectivity index (χ0v) is 11.1. The molecular weight excluding hydrogens is 244 g/mol. The fourth-order valence-electron chi connectivity index (χ4n) is 2.01. The van der Waals surface area contributed by atoms with Gasteiger partial charge in [-0.15, -0.1) is 0 Å². The number of carbonyl (C=O) groups is 2. The van der Waals surface area contributed by atoms with E-state index in [0.717, 1.165) is 12.8 Å². The Balaban J connectivity index is 2.19. The standard InChI is InChI=1S/C14H18N2O3/c1-14(15,9-7-8-9)13(18)16-11-6-4-3-5-10(11)12(17)19-2/h3-6,9H,7-8,15H2,1-2H3,(H,16,18). The van der Waals surface area contributed by atoms with Gasteiger partial charge in [-0.3, -0.25) is 4.79 Å². The number of rotatable bonds is 4. The molecule has 5 nitrogen and oxygen atoms in total. The van der Waals surface area contributed by atoms with Gasteiger partial charge < -0.3 is 15.8 Å². The fourth-order valence-corrected chi connectivity index (χ4v) is 2.01. The highest BCUT2D eigenvalue weighted by Gasteiger charge is 2.44. The summed E-state index contributed by atoms with van der Waals surface area (Å²) in [4.78, 5) is 23.8. The summed E-state index contributed by atoms with van der Waals surface area (Å²) >= 11 is 0. The van der Waals surface area contributed by atoms with Gasteiger partial charge in [0.2, 0.25) is 5.91 Å². The minimum absolute atomic E-state index is 0.220. The maximum atomic E-state index is 12.2. The van der Waals surface area contributed by atoms with Crippen molar-refractivity contribution in [3.63, 3.8) is 0 Å². The van der Waals surface area contributed by atoms with Crippen LogP contribution in [-0.4, -0.2) is 24.5 Å². The van der Waals surface area contributed by atoms with Crippen molar-refractivity contribution in [3.8, 4) is 0 Å². The lowest BCUT2D eigenvalue weighted by molar-refractivity contribution is -0.121. The Morgan fingerprint density at radius 1 is 1.37 bits per heavy atom. The van der Waals surface area contributed by atoms with Crippen molar-refractivity contribution in [3.05, 3.63) is 29.8 Å². The van der Waals surface area contributed by atoms with Crippen LogP contribution < -0.4 is 11.1 Å². The first-order valence-electron chi connectivity index (χ1n) is 6.24. The number of nitrogens with two attached hydrogens (primary N) is 1. The molecule has 0 bridgehead atoms. The number of anilines is 1. The van der Waals surface area contributed by atoms with Gasteiger partial charge in [-0.05, 0) is 37.8 Å². The van der Waals surface area contributed by atoms with Crippen LogP contribution in [0.2, 0.25) is 0 Å². The van der Waals surface area contributed by atoms with E-state index in [0.29, 0.717) is 11.3 Å². The number of para-hydroxylation sites is 1. The summed E-state index contributed by atoms with van der Waals surface area (Å²) in [7, 11) is 1.30. The second kappa shape index (κ2) is 5.01. The summed E-state index contributed by atoms with van der Waals surface area (Å²) in [6.45, 7) is 1.72. The van der Waals surface area contributed by atoms with Crippen LogP contribution in [0.5, 0.6) is 0 Å². The normalized spacial score (nSPS) is 17.4. The molecule has 0 aliphatic heterocycles. The van der Waals surface area contributed by atoms with Gasteiger partial charge in [0.05, 0.1) is 23.9 Å². The number of hydrogen-bond donors (Lipinski definition) is 2. The molecular formula is C14H18N2O3. The van der Waals surface area contributed by atoms with Crippen molar-refractivity contribution in [2.45, 2.75) is 25.3 Å². The molecule has 1 unspecified atom stereocenters. The van der Waals surface area contributed by atoms with Gasteiger partial charge in [-0.2, -0.15) is 0 Å². The van der Waals surface area contributed by atoms with Crippen LogP contribution in [-0.2, 0) is 9.53 Å². The van der Waals surface area contributed by atoms with Crippen LogP contribution in [0.4, 0.5) is 5.69 Å². The largest absolute Gasteiger partial charge is 0.465 e. The molecule has 1 fully saturated rings. The smallest absolute Gasteiger partial charge is 0.339 e. The van der Waals surface area contributed by atoms with Crippen molar-refractivity contribution in [2.24, 2.45) is 11.7 Å². The van der Waals surface area contributed by atoms with E-state index in [1.165, 1.54) is 7.11 Å². The highest BCUT2D eigenvalue weighted by molar-refractivity contribution is 6.04. The van der Waals surface area contributed by atoms with Gasteiger partial charge in [0, 0.05) is 0 Å². The number of ether oxygens (including phenoxy) is 1. The highest BCUT2D eigenvalue weighted by Crippen LogP contribution is 2.38. The number of amides is 1. The molecule has 2 rings (SSSR count). The SMILES string of the molecule is COC(=O)c1ccccc1NC(=O)C(C)(N)C1CC1. The first-order valence-corrected chi connectivity index (χ1v) is 6.24. The first-order chi connectivity index (χ1) is 8.96. The molecule has 0 saturated heterocycles. The number of benzene rings is 1.